The minimum Gasteiger partial charge on any atom is -0.497 e. The quantitative estimate of drug-likeness (QED) is 0.647. The molecule has 34 heavy (non-hydrogen) atoms. The van der Waals surface area contributed by atoms with Crippen LogP contribution in [0.25, 0.3) is 0 Å². The molecule has 1 fully saturated rings. The van der Waals surface area contributed by atoms with Crippen molar-refractivity contribution in [2.45, 2.75) is 39.7 Å². The van der Waals surface area contributed by atoms with Crippen LogP contribution in [0.4, 0.5) is 0 Å². The molecule has 7 nitrogen and oxygen atoms in total. The molecule has 1 N–H and O–H groups in total. The first-order valence-corrected chi connectivity index (χ1v) is 12.0. The Labute approximate surface area is 202 Å². The van der Waals surface area contributed by atoms with E-state index < -0.39 is 6.04 Å². The van der Waals surface area contributed by atoms with Gasteiger partial charge in [-0.15, -0.1) is 0 Å². The monoisotopic (exact) mass is 465 g/mol. The molecule has 0 saturated carbocycles. The highest BCUT2D eigenvalue weighted by molar-refractivity contribution is 5.98. The number of nitrogens with one attached hydrogen (secondary N) is 1. The third-order valence-electron chi connectivity index (χ3n) is 6.54. The van der Waals surface area contributed by atoms with Gasteiger partial charge < -0.3 is 19.9 Å². The maximum Gasteiger partial charge on any atom is 0.253 e. The SMILES string of the molecule is CCN(CC)C(=O)[C@@H](NC(=O)c1ccc(OC)cc1)C1CCN(C(=O)c2cccc(C)c2)CC1. The third-order valence-corrected chi connectivity index (χ3v) is 6.54. The molecule has 0 spiro atoms. The van der Waals surface area contributed by atoms with Crippen LogP contribution in [0.1, 0.15) is 53.0 Å². The number of likely N-dealkylation sites (tertiary alicyclic amines) is 1. The van der Waals surface area contributed by atoms with Crippen molar-refractivity contribution >= 4 is 17.7 Å². The zero-order valence-corrected chi connectivity index (χ0v) is 20.5. The first-order valence-electron chi connectivity index (χ1n) is 12.0. The molecule has 1 saturated heterocycles. The minimum atomic E-state index is -0.634. The van der Waals surface area contributed by atoms with Crippen LogP contribution in [-0.2, 0) is 4.79 Å². The van der Waals surface area contributed by atoms with E-state index in [4.69, 9.17) is 4.74 Å². The minimum absolute atomic E-state index is 0.0102. The van der Waals surface area contributed by atoms with Crippen LogP contribution in [-0.4, -0.2) is 66.9 Å². The number of piperidine rings is 1. The highest BCUT2D eigenvalue weighted by Gasteiger charge is 2.35. The number of likely N-dealkylation sites (N-methyl/N-ethyl adjacent to an activating group) is 1. The molecule has 0 bridgehead atoms. The van der Waals surface area contributed by atoms with Crippen LogP contribution in [0.5, 0.6) is 5.75 Å². The second-order valence-electron chi connectivity index (χ2n) is 8.69. The molecule has 1 atom stereocenters. The Bertz CT molecular complexity index is 993. The van der Waals surface area contributed by atoms with Crippen LogP contribution >= 0.6 is 0 Å². The average molecular weight is 466 g/mol. The van der Waals surface area contributed by atoms with Crippen LogP contribution in [0, 0.1) is 12.8 Å². The van der Waals surface area contributed by atoms with Crippen LogP contribution < -0.4 is 10.1 Å². The number of rotatable bonds is 8. The lowest BCUT2D eigenvalue weighted by Gasteiger charge is -2.37. The van der Waals surface area contributed by atoms with Gasteiger partial charge in [0, 0.05) is 37.3 Å². The van der Waals surface area contributed by atoms with Crippen LogP contribution in [0.15, 0.2) is 48.5 Å². The fourth-order valence-electron chi connectivity index (χ4n) is 4.48. The Hall–Kier alpha value is -3.35. The summed E-state index contributed by atoms with van der Waals surface area (Å²) in [6.07, 6.45) is 1.30. The van der Waals surface area contributed by atoms with Crippen molar-refractivity contribution in [2.75, 3.05) is 33.3 Å². The summed E-state index contributed by atoms with van der Waals surface area (Å²) in [4.78, 5) is 42.9. The first kappa shape index (κ1) is 25.3. The zero-order valence-electron chi connectivity index (χ0n) is 20.5. The molecular weight excluding hydrogens is 430 g/mol. The van der Waals surface area contributed by atoms with Gasteiger partial charge in [0.1, 0.15) is 11.8 Å². The van der Waals surface area contributed by atoms with Crippen molar-refractivity contribution in [3.63, 3.8) is 0 Å². The molecule has 3 amide bonds. The lowest BCUT2D eigenvalue weighted by Crippen LogP contribution is -2.54. The summed E-state index contributed by atoms with van der Waals surface area (Å²) in [6, 6.07) is 13.8. The largest absolute Gasteiger partial charge is 0.497 e. The van der Waals surface area contributed by atoms with Gasteiger partial charge in [0.2, 0.25) is 5.91 Å². The van der Waals surface area contributed by atoms with Gasteiger partial charge in [0.15, 0.2) is 0 Å². The molecule has 1 aliphatic heterocycles. The topological polar surface area (TPSA) is 79.0 Å². The molecule has 0 aromatic heterocycles. The number of benzene rings is 2. The van der Waals surface area contributed by atoms with Gasteiger partial charge >= 0.3 is 0 Å². The molecule has 2 aromatic rings. The highest BCUT2D eigenvalue weighted by Crippen LogP contribution is 2.24. The highest BCUT2D eigenvalue weighted by atomic mass is 16.5. The second kappa shape index (κ2) is 11.7. The van der Waals surface area contributed by atoms with Gasteiger partial charge in [0.05, 0.1) is 7.11 Å². The van der Waals surface area contributed by atoms with Crippen molar-refractivity contribution < 1.29 is 19.1 Å². The van der Waals surface area contributed by atoms with Crippen molar-refractivity contribution in [3.05, 3.63) is 65.2 Å². The smallest absolute Gasteiger partial charge is 0.253 e. The third kappa shape index (κ3) is 5.95. The van der Waals surface area contributed by atoms with Crippen LogP contribution in [0.2, 0.25) is 0 Å². The van der Waals surface area contributed by atoms with Crippen molar-refractivity contribution in [1.82, 2.24) is 15.1 Å². The Kier molecular flexibility index (Phi) is 8.68. The number of hydrogen-bond acceptors (Lipinski definition) is 4. The van der Waals surface area contributed by atoms with Crippen molar-refractivity contribution in [1.29, 1.82) is 0 Å². The molecule has 0 radical (unpaired) electrons. The molecule has 7 heteroatoms. The number of nitrogens with zero attached hydrogens (tertiary/aromatic N) is 2. The summed E-state index contributed by atoms with van der Waals surface area (Å²) >= 11 is 0. The van der Waals surface area contributed by atoms with E-state index in [1.54, 1.807) is 36.3 Å². The first-order chi connectivity index (χ1) is 16.4. The maximum absolute atomic E-state index is 13.4. The van der Waals surface area contributed by atoms with Crippen molar-refractivity contribution in [3.8, 4) is 5.75 Å². The Morgan fingerprint density at radius 1 is 1.03 bits per heavy atom. The van der Waals surface area contributed by atoms with Crippen LogP contribution in [0.3, 0.4) is 0 Å². The lowest BCUT2D eigenvalue weighted by molar-refractivity contribution is -0.134. The summed E-state index contributed by atoms with van der Waals surface area (Å²) in [5.74, 6) is 0.271. The molecule has 182 valence electrons. The summed E-state index contributed by atoms with van der Waals surface area (Å²) in [5.41, 5.74) is 2.21. The lowest BCUT2D eigenvalue weighted by atomic mass is 9.87. The van der Waals surface area contributed by atoms with Crippen molar-refractivity contribution in [2.24, 2.45) is 5.92 Å². The van der Waals surface area contributed by atoms with E-state index in [9.17, 15) is 14.4 Å². The fraction of sp³-hybridized carbons (Fsp3) is 0.444. The summed E-state index contributed by atoms with van der Waals surface area (Å²) < 4.78 is 5.17. The van der Waals surface area contributed by atoms with Gasteiger partial charge in [-0.05, 0) is 75.9 Å². The zero-order chi connectivity index (χ0) is 24.7. The predicted molar refractivity (Wildman–Crippen MR) is 132 cm³/mol. The summed E-state index contributed by atoms with van der Waals surface area (Å²) in [5, 5.41) is 3.00. The summed E-state index contributed by atoms with van der Waals surface area (Å²) in [6.45, 7) is 8.11. The number of aryl methyl sites for hydroxylation is 1. The average Bonchev–Trinajstić information content (AvgIpc) is 2.87. The molecule has 0 unspecified atom stereocenters. The molecule has 0 aliphatic carbocycles. The van der Waals surface area contributed by atoms with Gasteiger partial charge in [-0.3, -0.25) is 14.4 Å². The van der Waals surface area contributed by atoms with E-state index in [2.05, 4.69) is 5.32 Å². The van der Waals surface area contributed by atoms with E-state index in [1.165, 1.54) is 0 Å². The van der Waals surface area contributed by atoms with E-state index in [-0.39, 0.29) is 23.6 Å². The number of carbonyl (C=O) groups excluding carboxylic acids is 3. The Morgan fingerprint density at radius 3 is 2.24 bits per heavy atom. The van der Waals surface area contributed by atoms with E-state index in [0.29, 0.717) is 55.9 Å². The molecule has 1 heterocycles. The van der Waals surface area contributed by atoms with E-state index in [0.717, 1.165) is 5.56 Å². The fourth-order valence-corrected chi connectivity index (χ4v) is 4.48. The number of carbonyl (C=O) groups is 3. The molecular formula is C27H35N3O4. The number of hydrogen-bond donors (Lipinski definition) is 1. The predicted octanol–water partition coefficient (Wildman–Crippen LogP) is 3.52. The van der Waals surface area contributed by atoms with Gasteiger partial charge in [0.25, 0.3) is 11.8 Å². The number of methoxy groups -OCH3 is 1. The standard InChI is InChI=1S/C27H35N3O4/c1-5-29(6-2)27(33)24(28-25(31)21-10-12-23(34-4)13-11-21)20-14-16-30(17-15-20)26(32)22-9-7-8-19(3)18-22/h7-13,18,20,24H,5-6,14-17H2,1-4H3,(H,28,31)/t24-/m0/s1. The maximum atomic E-state index is 13.4. The van der Waals surface area contributed by atoms with E-state index >= 15 is 0 Å². The Morgan fingerprint density at radius 2 is 1.68 bits per heavy atom. The van der Waals surface area contributed by atoms with E-state index in [1.807, 2.05) is 49.9 Å². The second-order valence-corrected chi connectivity index (χ2v) is 8.69. The molecule has 3 rings (SSSR count). The summed E-state index contributed by atoms with van der Waals surface area (Å²) in [7, 11) is 1.57. The number of ether oxygens (including phenoxy) is 1. The number of amides is 3. The molecule has 1 aliphatic rings. The normalized spacial score (nSPS) is 14.9. The Balaban J connectivity index is 1.72. The van der Waals surface area contributed by atoms with Gasteiger partial charge in [-0.1, -0.05) is 17.7 Å². The molecule has 2 aromatic carbocycles. The van der Waals surface area contributed by atoms with Gasteiger partial charge in [-0.2, -0.15) is 0 Å². The van der Waals surface area contributed by atoms with Gasteiger partial charge in [-0.25, -0.2) is 0 Å².